The van der Waals surface area contributed by atoms with Crippen molar-refractivity contribution in [2.45, 2.75) is 31.6 Å². The molecule has 1 heterocycles. The summed E-state index contributed by atoms with van der Waals surface area (Å²) >= 11 is 6.21. The number of para-hydroxylation sites is 1. The van der Waals surface area contributed by atoms with Crippen molar-refractivity contribution >= 4 is 39.1 Å². The second kappa shape index (κ2) is 9.80. The van der Waals surface area contributed by atoms with Gasteiger partial charge in [0, 0.05) is 19.6 Å². The van der Waals surface area contributed by atoms with Crippen LogP contribution in [0.5, 0.6) is 0 Å². The van der Waals surface area contributed by atoms with Crippen molar-refractivity contribution in [3.8, 4) is 0 Å². The maximum Gasteiger partial charge on any atom is 0.257 e. The van der Waals surface area contributed by atoms with Gasteiger partial charge in [0.05, 0.1) is 26.7 Å². The third kappa shape index (κ3) is 5.44. The number of hydrogen-bond donors (Lipinski definition) is 2. The van der Waals surface area contributed by atoms with Gasteiger partial charge in [0.2, 0.25) is 10.0 Å². The van der Waals surface area contributed by atoms with Crippen LogP contribution in [0.15, 0.2) is 47.4 Å². The fourth-order valence-electron chi connectivity index (χ4n) is 3.29. The Labute approximate surface area is 187 Å². The molecule has 2 N–H and O–H groups in total. The first-order valence-corrected chi connectivity index (χ1v) is 12.0. The van der Waals surface area contributed by atoms with E-state index in [1.807, 2.05) is 13.8 Å². The Kier molecular flexibility index (Phi) is 7.35. The van der Waals surface area contributed by atoms with Crippen LogP contribution in [0.25, 0.3) is 0 Å². The summed E-state index contributed by atoms with van der Waals surface area (Å²) in [7, 11) is -3.69. The van der Waals surface area contributed by atoms with Crippen LogP contribution in [0.2, 0.25) is 5.02 Å². The molecule has 31 heavy (non-hydrogen) atoms. The molecule has 3 rings (SSSR count). The Bertz CT molecular complexity index is 1080. The van der Waals surface area contributed by atoms with E-state index in [1.54, 1.807) is 24.3 Å². The lowest BCUT2D eigenvalue weighted by Crippen LogP contribution is -2.29. The predicted octanol–water partition coefficient (Wildman–Crippen LogP) is 3.76. The minimum Gasteiger partial charge on any atom is -0.352 e. The average molecular weight is 464 g/mol. The molecule has 166 valence electrons. The van der Waals surface area contributed by atoms with Gasteiger partial charge in [-0.3, -0.25) is 9.59 Å². The summed E-state index contributed by atoms with van der Waals surface area (Å²) in [6.07, 6.45) is 1.63. The number of sulfonamides is 1. The van der Waals surface area contributed by atoms with Crippen LogP contribution in [0.3, 0.4) is 0 Å². The zero-order valence-electron chi connectivity index (χ0n) is 17.5. The quantitative estimate of drug-likeness (QED) is 0.653. The van der Waals surface area contributed by atoms with E-state index in [1.165, 1.54) is 22.5 Å². The van der Waals surface area contributed by atoms with Crippen molar-refractivity contribution in [2.75, 3.05) is 25.0 Å². The van der Waals surface area contributed by atoms with Gasteiger partial charge in [-0.2, -0.15) is 4.31 Å². The number of anilines is 1. The van der Waals surface area contributed by atoms with Gasteiger partial charge in [0.1, 0.15) is 0 Å². The van der Waals surface area contributed by atoms with Crippen LogP contribution >= 0.6 is 11.6 Å². The lowest BCUT2D eigenvalue weighted by Gasteiger charge is -2.17. The number of hydrogen-bond acceptors (Lipinski definition) is 4. The van der Waals surface area contributed by atoms with Gasteiger partial charge in [0.15, 0.2) is 0 Å². The lowest BCUT2D eigenvalue weighted by atomic mass is 10.1. The minimum atomic E-state index is -3.69. The summed E-state index contributed by atoms with van der Waals surface area (Å²) in [6.45, 7) is 5.40. The first kappa shape index (κ1) is 23.2. The maximum atomic E-state index is 12.9. The molecule has 2 amide bonds. The van der Waals surface area contributed by atoms with Gasteiger partial charge in [-0.05, 0) is 49.1 Å². The smallest absolute Gasteiger partial charge is 0.257 e. The predicted molar refractivity (Wildman–Crippen MR) is 121 cm³/mol. The molecule has 1 fully saturated rings. The minimum absolute atomic E-state index is 0.0203. The third-order valence-electron chi connectivity index (χ3n) is 4.98. The molecule has 1 saturated heterocycles. The van der Waals surface area contributed by atoms with Crippen LogP contribution < -0.4 is 10.6 Å². The van der Waals surface area contributed by atoms with Crippen molar-refractivity contribution in [2.24, 2.45) is 5.92 Å². The van der Waals surface area contributed by atoms with E-state index in [0.29, 0.717) is 30.9 Å². The molecule has 0 atom stereocenters. The fourth-order valence-corrected chi connectivity index (χ4v) is 5.04. The normalized spacial score (nSPS) is 14.6. The number of benzene rings is 2. The molecule has 2 aromatic rings. The van der Waals surface area contributed by atoms with Crippen LogP contribution in [0.1, 0.15) is 47.4 Å². The molecule has 1 aliphatic rings. The molecule has 0 saturated carbocycles. The van der Waals surface area contributed by atoms with Gasteiger partial charge < -0.3 is 10.6 Å². The number of rotatable bonds is 7. The number of nitrogens with zero attached hydrogens (tertiary/aromatic N) is 1. The van der Waals surface area contributed by atoms with Gasteiger partial charge >= 0.3 is 0 Å². The molecule has 0 unspecified atom stereocenters. The first-order valence-electron chi connectivity index (χ1n) is 10.2. The fraction of sp³-hybridized carbons (Fsp3) is 0.364. The SMILES string of the molecule is CC(C)CNC(=O)c1ccccc1NC(=O)c1cc(S(=O)(=O)N2CCCC2)ccc1Cl. The number of carbonyl (C=O) groups excluding carboxylic acids is 2. The maximum absolute atomic E-state index is 12.9. The third-order valence-corrected chi connectivity index (χ3v) is 7.20. The van der Waals surface area contributed by atoms with Crippen molar-refractivity contribution < 1.29 is 18.0 Å². The van der Waals surface area contributed by atoms with Crippen molar-refractivity contribution in [1.29, 1.82) is 0 Å². The van der Waals surface area contributed by atoms with Gasteiger partial charge in [0.25, 0.3) is 11.8 Å². The molecule has 7 nitrogen and oxygen atoms in total. The molecule has 2 aromatic carbocycles. The largest absolute Gasteiger partial charge is 0.352 e. The Morgan fingerprint density at radius 2 is 1.71 bits per heavy atom. The summed E-state index contributed by atoms with van der Waals surface area (Å²) in [6, 6.07) is 10.7. The molecule has 9 heteroatoms. The molecular weight excluding hydrogens is 438 g/mol. The number of carbonyl (C=O) groups is 2. The van der Waals surface area contributed by atoms with Gasteiger partial charge in [-0.1, -0.05) is 37.6 Å². The van der Waals surface area contributed by atoms with E-state index in [-0.39, 0.29) is 27.3 Å². The molecule has 1 aliphatic heterocycles. The Morgan fingerprint density at radius 3 is 2.39 bits per heavy atom. The lowest BCUT2D eigenvalue weighted by molar-refractivity contribution is 0.0950. The number of amides is 2. The molecule has 0 spiro atoms. The van der Waals surface area contributed by atoms with Crippen molar-refractivity contribution in [1.82, 2.24) is 9.62 Å². The highest BCUT2D eigenvalue weighted by Crippen LogP contribution is 2.26. The monoisotopic (exact) mass is 463 g/mol. The van der Waals surface area contributed by atoms with E-state index in [4.69, 9.17) is 11.6 Å². The molecule has 0 bridgehead atoms. The van der Waals surface area contributed by atoms with Crippen LogP contribution in [-0.4, -0.2) is 44.2 Å². The highest BCUT2D eigenvalue weighted by atomic mass is 35.5. The average Bonchev–Trinajstić information content (AvgIpc) is 3.28. The van der Waals surface area contributed by atoms with Crippen molar-refractivity contribution in [3.05, 3.63) is 58.6 Å². The summed E-state index contributed by atoms with van der Waals surface area (Å²) in [5.41, 5.74) is 0.658. The molecule has 0 aromatic heterocycles. The Hall–Kier alpha value is -2.42. The van der Waals surface area contributed by atoms with E-state index in [2.05, 4.69) is 10.6 Å². The number of halogens is 1. The molecule has 0 radical (unpaired) electrons. The number of nitrogens with one attached hydrogen (secondary N) is 2. The topological polar surface area (TPSA) is 95.6 Å². The Balaban J connectivity index is 1.85. The summed E-state index contributed by atoms with van der Waals surface area (Å²) in [4.78, 5) is 25.5. The highest BCUT2D eigenvalue weighted by molar-refractivity contribution is 7.89. The standard InChI is InChI=1S/C22H26ClN3O4S/c1-15(2)14-24-21(27)17-7-3-4-8-20(17)25-22(28)18-13-16(9-10-19(18)23)31(29,30)26-11-5-6-12-26/h3-4,7-10,13,15H,5-6,11-12,14H2,1-2H3,(H,24,27)(H,25,28). The van der Waals surface area contributed by atoms with Crippen LogP contribution in [0, 0.1) is 5.92 Å². The van der Waals surface area contributed by atoms with E-state index < -0.39 is 15.9 Å². The summed E-state index contributed by atoms with van der Waals surface area (Å²) < 4.78 is 27.1. The van der Waals surface area contributed by atoms with Crippen LogP contribution in [-0.2, 0) is 10.0 Å². The molecule has 0 aliphatic carbocycles. The van der Waals surface area contributed by atoms with E-state index >= 15 is 0 Å². The van der Waals surface area contributed by atoms with E-state index in [0.717, 1.165) is 12.8 Å². The van der Waals surface area contributed by atoms with Crippen molar-refractivity contribution in [3.63, 3.8) is 0 Å². The summed E-state index contributed by atoms with van der Waals surface area (Å²) in [5.74, 6) is -0.613. The summed E-state index contributed by atoms with van der Waals surface area (Å²) in [5, 5.41) is 5.64. The first-order chi connectivity index (χ1) is 14.7. The van der Waals surface area contributed by atoms with Gasteiger partial charge in [-0.15, -0.1) is 0 Å². The Morgan fingerprint density at radius 1 is 1.03 bits per heavy atom. The van der Waals surface area contributed by atoms with Crippen LogP contribution in [0.4, 0.5) is 5.69 Å². The zero-order valence-corrected chi connectivity index (χ0v) is 19.1. The van der Waals surface area contributed by atoms with Gasteiger partial charge in [-0.25, -0.2) is 8.42 Å². The molecular formula is C22H26ClN3O4S. The highest BCUT2D eigenvalue weighted by Gasteiger charge is 2.28. The van der Waals surface area contributed by atoms with E-state index in [9.17, 15) is 18.0 Å². The second-order valence-corrected chi connectivity index (χ2v) is 10.2. The second-order valence-electron chi connectivity index (χ2n) is 7.86. The zero-order chi connectivity index (χ0) is 22.6.